The molecule has 5 atom stereocenters. The molecule has 1 aromatic rings. The van der Waals surface area contributed by atoms with Crippen LogP contribution >= 0.6 is 0 Å². The number of amides is 1. The molecule has 110 valence electrons. The molecular formula is C16H18N2O3. The monoisotopic (exact) mass is 286 g/mol. The molecule has 2 bridgehead atoms. The maximum Gasteiger partial charge on any atom is 0.307 e. The molecular weight excluding hydrogens is 268 g/mol. The quantitative estimate of drug-likeness (QED) is 0.827. The largest absolute Gasteiger partial charge is 0.481 e. The Kier molecular flexibility index (Phi) is 3.49. The summed E-state index contributed by atoms with van der Waals surface area (Å²) in [7, 11) is 0. The van der Waals surface area contributed by atoms with Crippen LogP contribution in [-0.4, -0.2) is 22.0 Å². The van der Waals surface area contributed by atoms with Crippen molar-refractivity contribution in [3.63, 3.8) is 0 Å². The Morgan fingerprint density at radius 3 is 2.67 bits per heavy atom. The number of rotatable bonds is 4. The first-order chi connectivity index (χ1) is 10.1. The molecule has 0 radical (unpaired) electrons. The van der Waals surface area contributed by atoms with E-state index in [1.54, 1.807) is 12.4 Å². The van der Waals surface area contributed by atoms with Gasteiger partial charge in [0, 0.05) is 12.4 Å². The lowest BCUT2D eigenvalue weighted by Crippen LogP contribution is -2.41. The van der Waals surface area contributed by atoms with Gasteiger partial charge in [-0.15, -0.1) is 0 Å². The van der Waals surface area contributed by atoms with Gasteiger partial charge in [0.2, 0.25) is 5.91 Å². The highest BCUT2D eigenvalue weighted by molar-refractivity contribution is 5.87. The predicted molar refractivity (Wildman–Crippen MR) is 76.1 cm³/mol. The maximum atomic E-state index is 12.5. The summed E-state index contributed by atoms with van der Waals surface area (Å²) in [6, 6.07) is 3.54. The molecule has 0 aliphatic heterocycles. The average Bonchev–Trinajstić information content (AvgIpc) is 3.08. The SMILES string of the molecule is CC(NC(=O)[C@H]1C2C=CC(C2)[C@H]1C(=O)O)c1cccnc1. The molecule has 0 saturated heterocycles. The van der Waals surface area contributed by atoms with Crippen LogP contribution in [0.25, 0.3) is 0 Å². The number of nitrogens with one attached hydrogen (secondary N) is 1. The van der Waals surface area contributed by atoms with E-state index in [9.17, 15) is 14.7 Å². The highest BCUT2D eigenvalue weighted by atomic mass is 16.4. The Morgan fingerprint density at radius 2 is 2.05 bits per heavy atom. The smallest absolute Gasteiger partial charge is 0.307 e. The van der Waals surface area contributed by atoms with Crippen molar-refractivity contribution >= 4 is 11.9 Å². The van der Waals surface area contributed by atoms with Gasteiger partial charge in [0.15, 0.2) is 0 Å². The van der Waals surface area contributed by atoms with Gasteiger partial charge in [0.1, 0.15) is 0 Å². The third-order valence-electron chi connectivity index (χ3n) is 4.59. The molecule has 2 aliphatic rings. The number of aromatic nitrogens is 1. The standard InChI is InChI=1S/C16H18N2O3/c1-9(12-3-2-6-17-8-12)18-15(19)13-10-4-5-11(7-10)14(13)16(20)21/h2-6,8-11,13-14H,7H2,1H3,(H,18,19)(H,20,21)/t9?,10?,11?,13-,14+/m0/s1. The number of nitrogens with zero attached hydrogens (tertiary/aromatic N) is 1. The molecule has 1 saturated carbocycles. The van der Waals surface area contributed by atoms with Crippen molar-refractivity contribution < 1.29 is 14.7 Å². The van der Waals surface area contributed by atoms with Crippen molar-refractivity contribution in [3.8, 4) is 0 Å². The lowest BCUT2D eigenvalue weighted by Gasteiger charge is -2.25. The fourth-order valence-corrected chi connectivity index (χ4v) is 3.54. The van der Waals surface area contributed by atoms with Gasteiger partial charge in [-0.3, -0.25) is 14.6 Å². The Balaban J connectivity index is 1.73. The van der Waals surface area contributed by atoms with Crippen molar-refractivity contribution in [2.75, 3.05) is 0 Å². The van der Waals surface area contributed by atoms with E-state index in [1.165, 1.54) is 0 Å². The lowest BCUT2D eigenvalue weighted by atomic mass is 9.82. The van der Waals surface area contributed by atoms with E-state index in [0.29, 0.717) is 0 Å². The first-order valence-electron chi connectivity index (χ1n) is 7.19. The van der Waals surface area contributed by atoms with Crippen LogP contribution in [0.5, 0.6) is 0 Å². The minimum absolute atomic E-state index is 0.00283. The molecule has 3 unspecified atom stereocenters. The number of hydrogen-bond donors (Lipinski definition) is 2. The molecule has 1 heterocycles. The second-order valence-corrected chi connectivity index (χ2v) is 5.85. The molecule has 1 fully saturated rings. The van der Waals surface area contributed by atoms with Gasteiger partial charge in [0.25, 0.3) is 0 Å². The Labute approximate surface area is 123 Å². The van der Waals surface area contributed by atoms with Crippen molar-refractivity contribution in [2.24, 2.45) is 23.7 Å². The first kappa shape index (κ1) is 13.8. The van der Waals surface area contributed by atoms with Gasteiger partial charge in [-0.05, 0) is 36.8 Å². The third-order valence-corrected chi connectivity index (χ3v) is 4.59. The summed E-state index contributed by atoms with van der Waals surface area (Å²) in [5.74, 6) is -2.05. The van der Waals surface area contributed by atoms with Crippen LogP contribution in [0.3, 0.4) is 0 Å². The minimum Gasteiger partial charge on any atom is -0.481 e. The van der Waals surface area contributed by atoms with Gasteiger partial charge in [-0.25, -0.2) is 0 Å². The summed E-state index contributed by atoms with van der Waals surface area (Å²) in [4.78, 5) is 28.0. The second kappa shape index (κ2) is 5.31. The van der Waals surface area contributed by atoms with E-state index in [4.69, 9.17) is 0 Å². The highest BCUT2D eigenvalue weighted by Gasteiger charge is 2.51. The van der Waals surface area contributed by atoms with Crippen LogP contribution in [-0.2, 0) is 9.59 Å². The molecule has 21 heavy (non-hydrogen) atoms. The van der Waals surface area contributed by atoms with Crippen LogP contribution in [0, 0.1) is 23.7 Å². The van der Waals surface area contributed by atoms with E-state index >= 15 is 0 Å². The molecule has 1 amide bonds. The maximum absolute atomic E-state index is 12.5. The predicted octanol–water partition coefficient (Wildman–Crippen LogP) is 1.78. The Bertz CT molecular complexity index is 584. The Hall–Kier alpha value is -2.17. The van der Waals surface area contributed by atoms with Crippen molar-refractivity contribution in [3.05, 3.63) is 42.2 Å². The first-order valence-corrected chi connectivity index (χ1v) is 7.19. The van der Waals surface area contributed by atoms with Gasteiger partial charge >= 0.3 is 5.97 Å². The summed E-state index contributed by atoms with van der Waals surface area (Å²) in [6.45, 7) is 1.88. The molecule has 5 nitrogen and oxygen atoms in total. The number of carboxylic acids is 1. The summed E-state index contributed by atoms with van der Waals surface area (Å²) in [5, 5.41) is 12.3. The zero-order valence-corrected chi connectivity index (χ0v) is 11.8. The molecule has 2 aliphatic carbocycles. The highest BCUT2D eigenvalue weighted by Crippen LogP contribution is 2.48. The molecule has 3 rings (SSSR count). The zero-order valence-electron chi connectivity index (χ0n) is 11.8. The number of hydrogen-bond acceptors (Lipinski definition) is 3. The lowest BCUT2D eigenvalue weighted by molar-refractivity contribution is -0.148. The minimum atomic E-state index is -0.874. The normalized spacial score (nSPS) is 31.1. The fourth-order valence-electron chi connectivity index (χ4n) is 3.54. The van der Waals surface area contributed by atoms with Crippen LogP contribution in [0.2, 0.25) is 0 Å². The molecule has 0 spiro atoms. The van der Waals surface area contributed by atoms with Crippen LogP contribution in [0.15, 0.2) is 36.7 Å². The number of allylic oxidation sites excluding steroid dienone is 2. The number of pyridine rings is 1. The van der Waals surface area contributed by atoms with E-state index in [-0.39, 0.29) is 23.8 Å². The van der Waals surface area contributed by atoms with Gasteiger partial charge in [0.05, 0.1) is 17.9 Å². The number of fused-ring (bicyclic) bond motifs is 2. The van der Waals surface area contributed by atoms with E-state index in [1.807, 2.05) is 31.2 Å². The van der Waals surface area contributed by atoms with Crippen molar-refractivity contribution in [2.45, 2.75) is 19.4 Å². The molecule has 1 aromatic heterocycles. The summed E-state index contributed by atoms with van der Waals surface area (Å²) < 4.78 is 0. The molecule has 2 N–H and O–H groups in total. The molecule has 0 aromatic carbocycles. The van der Waals surface area contributed by atoms with Crippen LogP contribution in [0.1, 0.15) is 24.9 Å². The number of carboxylic acid groups (broad SMARTS) is 1. The summed E-state index contributed by atoms with van der Waals surface area (Å²) >= 11 is 0. The second-order valence-electron chi connectivity index (χ2n) is 5.85. The van der Waals surface area contributed by atoms with E-state index < -0.39 is 17.8 Å². The number of carbonyl (C=O) groups excluding carboxylic acids is 1. The Morgan fingerprint density at radius 1 is 1.33 bits per heavy atom. The van der Waals surface area contributed by atoms with Gasteiger partial charge < -0.3 is 10.4 Å². The number of aliphatic carboxylic acids is 1. The van der Waals surface area contributed by atoms with Crippen LogP contribution < -0.4 is 5.32 Å². The van der Waals surface area contributed by atoms with E-state index in [2.05, 4.69) is 10.3 Å². The fraction of sp³-hybridized carbons (Fsp3) is 0.438. The summed E-state index contributed by atoms with van der Waals surface area (Å²) in [5.41, 5.74) is 0.913. The molecule has 5 heteroatoms. The van der Waals surface area contributed by atoms with Crippen LogP contribution in [0.4, 0.5) is 0 Å². The van der Waals surface area contributed by atoms with Gasteiger partial charge in [-0.2, -0.15) is 0 Å². The zero-order chi connectivity index (χ0) is 15.0. The topological polar surface area (TPSA) is 79.3 Å². The summed E-state index contributed by atoms with van der Waals surface area (Å²) in [6.07, 6.45) is 8.09. The third kappa shape index (κ3) is 2.44. The van der Waals surface area contributed by atoms with Gasteiger partial charge in [-0.1, -0.05) is 18.2 Å². The number of carbonyl (C=O) groups is 2. The average molecular weight is 286 g/mol. The van der Waals surface area contributed by atoms with Crippen molar-refractivity contribution in [1.82, 2.24) is 10.3 Å². The van der Waals surface area contributed by atoms with Crippen molar-refractivity contribution in [1.29, 1.82) is 0 Å². The van der Waals surface area contributed by atoms with E-state index in [0.717, 1.165) is 12.0 Å².